The van der Waals surface area contributed by atoms with Crippen LogP contribution in [0.5, 0.6) is 0 Å². The summed E-state index contributed by atoms with van der Waals surface area (Å²) in [7, 11) is 85.4. The fourth-order valence-corrected chi connectivity index (χ4v) is 6.90. The van der Waals surface area contributed by atoms with Crippen molar-refractivity contribution in [3.05, 3.63) is 66.7 Å². The summed E-state index contributed by atoms with van der Waals surface area (Å²) in [6.07, 6.45) is 0. The lowest BCUT2D eigenvalue weighted by Crippen LogP contribution is -2.55. The summed E-state index contributed by atoms with van der Waals surface area (Å²) in [4.78, 5) is 0. The van der Waals surface area contributed by atoms with Gasteiger partial charge in [0, 0.05) is 0 Å². The minimum atomic E-state index is 0.000946. The van der Waals surface area contributed by atoms with Crippen molar-refractivity contribution < 1.29 is 0 Å². The van der Waals surface area contributed by atoms with Crippen molar-refractivity contribution in [2.24, 2.45) is 0 Å². The first-order valence-corrected chi connectivity index (χ1v) is 15.1. The number of fused-ring (bicyclic) bond motifs is 3. The van der Waals surface area contributed by atoms with Crippen LogP contribution in [0.25, 0.3) is 65.7 Å². The molecule has 13 heteroatoms. The van der Waals surface area contributed by atoms with Gasteiger partial charge in [0.2, 0.25) is 0 Å². The Hall–Kier alpha value is -3.84. The topological polar surface area (TPSA) is 0 Å². The maximum Gasteiger partial charge on any atom is 0.113 e. The molecule has 0 unspecified atom stereocenters. The Morgan fingerprint density at radius 2 is 0.633 bits per heavy atom. The van der Waals surface area contributed by atoms with Crippen LogP contribution in [-0.4, -0.2) is 102 Å². The number of hydrogen-bond acceptors (Lipinski definition) is 0. The summed E-state index contributed by atoms with van der Waals surface area (Å²) in [5.41, 5.74) is 4.36. The third kappa shape index (κ3) is 4.86. The van der Waals surface area contributed by atoms with Gasteiger partial charge in [-0.2, -0.15) is 0 Å². The van der Waals surface area contributed by atoms with Gasteiger partial charge >= 0.3 is 0 Å². The summed E-state index contributed by atoms with van der Waals surface area (Å²) < 4.78 is 0. The Bertz CT molecular complexity index is 2460. The highest BCUT2D eigenvalue weighted by molar-refractivity contribution is 6.73. The smallest absolute Gasteiger partial charge is 0.112 e. The molecular weight excluding hydrogens is 573 g/mol. The predicted octanol–water partition coefficient (Wildman–Crippen LogP) is -5.53. The van der Waals surface area contributed by atoms with Gasteiger partial charge in [-0.3, -0.25) is 0 Å². The monoisotopic (exact) mass is 586 g/mol. The molecule has 7 aromatic carbocycles. The highest BCUT2D eigenvalue weighted by Crippen LogP contribution is 2.40. The van der Waals surface area contributed by atoms with E-state index in [2.05, 4.69) is 24.3 Å². The van der Waals surface area contributed by atoms with E-state index in [9.17, 15) is 0 Å². The first kappa shape index (κ1) is 33.7. The molecule has 0 saturated carbocycles. The average Bonchev–Trinajstić information content (AvgIpc) is 3.12. The maximum atomic E-state index is 6.84. The molecule has 0 amide bonds. The first-order chi connectivity index (χ1) is 23.3. The highest BCUT2D eigenvalue weighted by Gasteiger charge is 2.26. The van der Waals surface area contributed by atoms with Crippen LogP contribution in [-0.2, 0) is 0 Å². The Labute approximate surface area is 304 Å². The zero-order valence-corrected chi connectivity index (χ0v) is 26.4. The largest absolute Gasteiger partial charge is 0.113 e. The number of rotatable bonds is 3. The van der Waals surface area contributed by atoms with E-state index < -0.39 is 0 Å². The molecule has 0 N–H and O–H groups in total. The molecule has 7 rings (SSSR count). The molecule has 0 atom stereocenters. The van der Waals surface area contributed by atoms with E-state index in [0.717, 1.165) is 21.9 Å². The van der Waals surface area contributed by atoms with Crippen molar-refractivity contribution in [2.45, 2.75) is 0 Å². The van der Waals surface area contributed by atoms with Gasteiger partial charge < -0.3 is 0 Å². The SMILES string of the molecule is [B]c1c([B])c([B])c(-c2c3c([B])c([B])c([B])c([B])c3c(-c3ccc(-c4cccc5ccccc45)cc3)c3c([B])c([B])c([B])c([B])c23)c([B])c1[B]. The Morgan fingerprint density at radius 1 is 0.265 bits per heavy atom. The number of benzene rings is 7. The molecule has 0 bridgehead atoms. The normalized spacial score (nSPS) is 11.5. The van der Waals surface area contributed by atoms with E-state index in [1.807, 2.05) is 42.5 Å². The van der Waals surface area contributed by atoms with Crippen molar-refractivity contribution >= 4 is 205 Å². The quantitative estimate of drug-likeness (QED) is 0.144. The van der Waals surface area contributed by atoms with E-state index >= 15 is 0 Å². The lowest BCUT2D eigenvalue weighted by atomic mass is 9.56. The summed E-state index contributed by atoms with van der Waals surface area (Å²) in [5.74, 6) is 0. The summed E-state index contributed by atoms with van der Waals surface area (Å²) in [6.45, 7) is 0. The van der Waals surface area contributed by atoms with Crippen LogP contribution in [0.4, 0.5) is 0 Å². The van der Waals surface area contributed by atoms with Crippen molar-refractivity contribution in [2.75, 3.05) is 0 Å². The van der Waals surface area contributed by atoms with Crippen molar-refractivity contribution in [1.82, 2.24) is 0 Å². The predicted molar refractivity (Wildman–Crippen MR) is 225 cm³/mol. The third-order valence-electron chi connectivity index (χ3n) is 9.54. The van der Waals surface area contributed by atoms with Crippen molar-refractivity contribution in [3.63, 3.8) is 0 Å². The zero-order valence-electron chi connectivity index (χ0n) is 26.4. The van der Waals surface area contributed by atoms with Gasteiger partial charge in [0.25, 0.3) is 0 Å². The minimum absolute atomic E-state index is 0.000946. The molecule has 49 heavy (non-hydrogen) atoms. The van der Waals surface area contributed by atoms with Gasteiger partial charge in [-0.15, -0.1) is 38.2 Å². The van der Waals surface area contributed by atoms with E-state index in [4.69, 9.17) is 102 Å². The van der Waals surface area contributed by atoms with Gasteiger partial charge in [0.1, 0.15) is 102 Å². The molecule has 0 saturated heterocycles. The molecule has 194 valence electrons. The second-order valence-electron chi connectivity index (χ2n) is 12.1. The lowest BCUT2D eigenvalue weighted by Gasteiger charge is -2.31. The Kier molecular flexibility index (Phi) is 8.37. The standard InChI is InChI=1S/C36H11B13/c37-24-19-17(14-10-8-13(9-11-14)16-7-3-5-12-4-1-2-6-15(12)16)20-22(27(40)33(46)31(44)25(20)38)18(21(19)26(39)32(45)30(24)43)23-28(41)34(47)36(49)35(48)29(23)42/h1-11H. The van der Waals surface area contributed by atoms with E-state index in [0.29, 0.717) is 32.7 Å². The third-order valence-corrected chi connectivity index (χ3v) is 9.54. The van der Waals surface area contributed by atoms with Gasteiger partial charge in [-0.25, -0.2) is 0 Å². The van der Waals surface area contributed by atoms with Crippen LogP contribution in [0.1, 0.15) is 0 Å². The molecule has 0 nitrogen and oxygen atoms in total. The van der Waals surface area contributed by atoms with Crippen molar-refractivity contribution in [1.29, 1.82) is 0 Å². The van der Waals surface area contributed by atoms with Gasteiger partial charge in [-0.1, -0.05) is 99.5 Å². The van der Waals surface area contributed by atoms with Crippen LogP contribution in [0.3, 0.4) is 0 Å². The van der Waals surface area contributed by atoms with Gasteiger partial charge in [0.15, 0.2) is 0 Å². The van der Waals surface area contributed by atoms with Gasteiger partial charge in [-0.05, 0) is 65.7 Å². The fourth-order valence-electron chi connectivity index (χ4n) is 6.90. The van der Waals surface area contributed by atoms with Crippen LogP contribution < -0.4 is 71.0 Å². The summed E-state index contributed by atoms with van der Waals surface area (Å²) in [5, 5.41) is 3.66. The van der Waals surface area contributed by atoms with Crippen LogP contribution >= 0.6 is 0 Å². The van der Waals surface area contributed by atoms with Crippen LogP contribution in [0, 0.1) is 0 Å². The fraction of sp³-hybridized carbons (Fsp3) is 0. The van der Waals surface area contributed by atoms with Crippen LogP contribution in [0.15, 0.2) is 66.7 Å². The average molecular weight is 584 g/mol. The van der Waals surface area contributed by atoms with Gasteiger partial charge in [0.05, 0.1) is 0 Å². The maximum absolute atomic E-state index is 6.84. The second-order valence-corrected chi connectivity index (χ2v) is 12.1. The van der Waals surface area contributed by atoms with Crippen molar-refractivity contribution in [3.8, 4) is 33.4 Å². The molecule has 0 aromatic heterocycles. The van der Waals surface area contributed by atoms with E-state index in [-0.39, 0.29) is 82.1 Å². The molecule has 7 aromatic rings. The Morgan fingerprint density at radius 3 is 1.12 bits per heavy atom. The zero-order chi connectivity index (χ0) is 35.2. The molecule has 0 aliphatic carbocycles. The molecule has 0 spiro atoms. The molecule has 0 aliphatic heterocycles. The lowest BCUT2D eigenvalue weighted by molar-refractivity contribution is 1.64. The molecular formula is C36H11B13. The molecule has 0 fully saturated rings. The second kappa shape index (κ2) is 12.2. The molecule has 0 aliphatic rings. The Balaban J connectivity index is 1.71. The van der Waals surface area contributed by atoms with E-state index in [1.165, 1.54) is 0 Å². The molecule has 0 heterocycles. The van der Waals surface area contributed by atoms with Crippen LogP contribution in [0.2, 0.25) is 0 Å². The first-order valence-electron chi connectivity index (χ1n) is 15.1. The minimum Gasteiger partial charge on any atom is -0.112 e. The van der Waals surface area contributed by atoms with E-state index in [1.54, 1.807) is 0 Å². The highest BCUT2D eigenvalue weighted by atomic mass is 14.3. The summed E-state index contributed by atoms with van der Waals surface area (Å²) >= 11 is 0. The summed E-state index contributed by atoms with van der Waals surface area (Å²) in [6, 6.07) is 22.2. The molecule has 26 radical (unpaired) electrons. The number of hydrogen-bond donors (Lipinski definition) is 0.